The standard InChI is InChI=1S/C14H20N3.BrH/c1-2-3-4-8-11-16-12-15-17(13-16)14-9-6-5-7-10-14;/h5-7,9-10,12-13H,2-4,8,11H2,1H3;1H/q+1;/p-1. The van der Waals surface area contributed by atoms with Crippen molar-refractivity contribution in [3.05, 3.63) is 43.0 Å². The van der Waals surface area contributed by atoms with E-state index in [0.29, 0.717) is 0 Å². The van der Waals surface area contributed by atoms with Crippen molar-refractivity contribution < 1.29 is 21.5 Å². The number of para-hydroxylation sites is 1. The van der Waals surface area contributed by atoms with Crippen LogP contribution in [0.25, 0.3) is 5.69 Å². The molecule has 1 heterocycles. The highest BCUT2D eigenvalue weighted by atomic mass is 79.9. The zero-order valence-electron chi connectivity index (χ0n) is 10.8. The predicted octanol–water partition coefficient (Wildman–Crippen LogP) is -0.256. The molecule has 0 fully saturated rings. The summed E-state index contributed by atoms with van der Waals surface area (Å²) in [5, 5.41) is 4.36. The van der Waals surface area contributed by atoms with Crippen molar-refractivity contribution in [3.63, 3.8) is 0 Å². The van der Waals surface area contributed by atoms with Crippen molar-refractivity contribution >= 4 is 0 Å². The maximum atomic E-state index is 4.36. The van der Waals surface area contributed by atoms with E-state index in [1.54, 1.807) is 0 Å². The molecule has 98 valence electrons. The number of aromatic nitrogens is 3. The van der Waals surface area contributed by atoms with Gasteiger partial charge < -0.3 is 17.0 Å². The Morgan fingerprint density at radius 1 is 1.11 bits per heavy atom. The SMILES string of the molecule is CCCCCC[n+]1cnn(-c2ccccc2)c1.[Br-]. The highest BCUT2D eigenvalue weighted by Gasteiger charge is 2.06. The van der Waals surface area contributed by atoms with Crippen LogP contribution in [0.4, 0.5) is 0 Å². The Morgan fingerprint density at radius 2 is 1.89 bits per heavy atom. The minimum atomic E-state index is 0. The largest absolute Gasteiger partial charge is 1.00 e. The smallest absolute Gasteiger partial charge is 0.265 e. The lowest BCUT2D eigenvalue weighted by Gasteiger charge is -1.96. The molecule has 0 N–H and O–H groups in total. The van der Waals surface area contributed by atoms with Crippen molar-refractivity contribution in [3.8, 4) is 5.69 Å². The molecule has 0 aliphatic rings. The molecule has 2 aromatic rings. The lowest BCUT2D eigenvalue weighted by atomic mass is 10.2. The van der Waals surface area contributed by atoms with Crippen molar-refractivity contribution in [2.75, 3.05) is 0 Å². The monoisotopic (exact) mass is 309 g/mol. The number of rotatable bonds is 6. The second kappa shape index (κ2) is 8.03. The quantitative estimate of drug-likeness (QED) is 0.532. The Kier molecular flexibility index (Phi) is 6.65. The van der Waals surface area contributed by atoms with E-state index < -0.39 is 0 Å². The summed E-state index contributed by atoms with van der Waals surface area (Å²) < 4.78 is 4.07. The number of hydrogen-bond acceptors (Lipinski definition) is 1. The van der Waals surface area contributed by atoms with Crippen LogP contribution in [0.3, 0.4) is 0 Å². The molecule has 0 aliphatic carbocycles. The second-order valence-electron chi connectivity index (χ2n) is 4.33. The normalized spacial score (nSPS) is 10.1. The first kappa shape index (κ1) is 14.9. The van der Waals surface area contributed by atoms with Crippen LogP contribution in [-0.4, -0.2) is 9.78 Å². The topological polar surface area (TPSA) is 21.7 Å². The third-order valence-electron chi connectivity index (χ3n) is 2.87. The molecule has 0 bridgehead atoms. The molecular weight excluding hydrogens is 290 g/mol. The molecule has 0 amide bonds. The van der Waals surface area contributed by atoms with Crippen LogP contribution < -0.4 is 21.5 Å². The van der Waals surface area contributed by atoms with Crippen molar-refractivity contribution in [2.24, 2.45) is 0 Å². The average Bonchev–Trinajstić information content (AvgIpc) is 2.85. The molecule has 0 unspecified atom stereocenters. The van der Waals surface area contributed by atoms with Gasteiger partial charge in [-0.1, -0.05) is 49.1 Å². The van der Waals surface area contributed by atoms with E-state index in [1.807, 2.05) is 29.2 Å². The lowest BCUT2D eigenvalue weighted by molar-refractivity contribution is -0.697. The third kappa shape index (κ3) is 4.26. The molecule has 0 spiro atoms. The van der Waals surface area contributed by atoms with Crippen molar-refractivity contribution in [1.82, 2.24) is 9.78 Å². The molecule has 1 aromatic carbocycles. The zero-order chi connectivity index (χ0) is 11.9. The van der Waals surface area contributed by atoms with E-state index >= 15 is 0 Å². The first-order chi connectivity index (χ1) is 8.40. The maximum absolute atomic E-state index is 4.36. The highest BCUT2D eigenvalue weighted by Crippen LogP contribution is 2.03. The molecule has 4 heteroatoms. The Labute approximate surface area is 119 Å². The minimum Gasteiger partial charge on any atom is -1.00 e. The van der Waals surface area contributed by atoms with Gasteiger partial charge in [0.25, 0.3) is 6.33 Å². The van der Waals surface area contributed by atoms with Crippen LogP contribution in [0.15, 0.2) is 43.0 Å². The lowest BCUT2D eigenvalue weighted by Crippen LogP contribution is -3.00. The fourth-order valence-electron chi connectivity index (χ4n) is 1.87. The Morgan fingerprint density at radius 3 is 2.61 bits per heavy atom. The van der Waals surface area contributed by atoms with Gasteiger partial charge in [-0.2, -0.15) is 0 Å². The van der Waals surface area contributed by atoms with Gasteiger partial charge in [0, 0.05) is 5.10 Å². The molecular formula is C14H20BrN3. The van der Waals surface area contributed by atoms with E-state index in [4.69, 9.17) is 0 Å². The number of unbranched alkanes of at least 4 members (excludes halogenated alkanes) is 3. The molecule has 0 saturated heterocycles. The fourth-order valence-corrected chi connectivity index (χ4v) is 1.87. The van der Waals surface area contributed by atoms with Gasteiger partial charge in [-0.05, 0) is 18.6 Å². The van der Waals surface area contributed by atoms with Crippen LogP contribution in [-0.2, 0) is 6.54 Å². The fraction of sp³-hybridized carbons (Fsp3) is 0.429. The molecule has 0 saturated carbocycles. The third-order valence-corrected chi connectivity index (χ3v) is 2.87. The summed E-state index contributed by atoms with van der Waals surface area (Å²) in [4.78, 5) is 0. The Balaban J connectivity index is 0.00000162. The van der Waals surface area contributed by atoms with E-state index in [0.717, 1.165) is 12.2 Å². The Bertz CT molecular complexity index is 439. The molecule has 0 atom stereocenters. The zero-order valence-corrected chi connectivity index (χ0v) is 12.4. The molecule has 3 nitrogen and oxygen atoms in total. The second-order valence-corrected chi connectivity index (χ2v) is 4.33. The molecule has 18 heavy (non-hydrogen) atoms. The van der Waals surface area contributed by atoms with Gasteiger partial charge in [0.1, 0.15) is 5.69 Å². The van der Waals surface area contributed by atoms with E-state index in [2.05, 4.69) is 35.0 Å². The maximum Gasteiger partial charge on any atom is 0.265 e. The number of halogens is 1. The van der Waals surface area contributed by atoms with Gasteiger partial charge >= 0.3 is 0 Å². The van der Waals surface area contributed by atoms with Crippen molar-refractivity contribution in [1.29, 1.82) is 0 Å². The van der Waals surface area contributed by atoms with Crippen molar-refractivity contribution in [2.45, 2.75) is 39.2 Å². The van der Waals surface area contributed by atoms with Gasteiger partial charge in [0.05, 0.1) is 6.54 Å². The molecule has 2 rings (SSSR count). The Hall–Kier alpha value is -1.16. The van der Waals surface area contributed by atoms with Crippen LogP contribution in [0.5, 0.6) is 0 Å². The number of benzene rings is 1. The average molecular weight is 310 g/mol. The van der Waals surface area contributed by atoms with Crippen LogP contribution in [0, 0.1) is 0 Å². The van der Waals surface area contributed by atoms with E-state index in [-0.39, 0.29) is 17.0 Å². The molecule has 0 radical (unpaired) electrons. The summed E-state index contributed by atoms with van der Waals surface area (Å²) in [6.45, 7) is 3.30. The summed E-state index contributed by atoms with van der Waals surface area (Å²) in [6.07, 6.45) is 9.11. The van der Waals surface area contributed by atoms with Crippen LogP contribution >= 0.6 is 0 Å². The summed E-state index contributed by atoms with van der Waals surface area (Å²) in [5.41, 5.74) is 1.11. The number of nitrogens with zero attached hydrogens (tertiary/aromatic N) is 3. The molecule has 1 aromatic heterocycles. The first-order valence-electron chi connectivity index (χ1n) is 6.39. The summed E-state index contributed by atoms with van der Waals surface area (Å²) in [7, 11) is 0. The summed E-state index contributed by atoms with van der Waals surface area (Å²) in [6, 6.07) is 10.2. The van der Waals surface area contributed by atoms with Gasteiger partial charge in [-0.3, -0.25) is 0 Å². The number of hydrogen-bond donors (Lipinski definition) is 0. The minimum absolute atomic E-state index is 0. The summed E-state index contributed by atoms with van der Waals surface area (Å²) >= 11 is 0. The first-order valence-corrected chi connectivity index (χ1v) is 6.39. The highest BCUT2D eigenvalue weighted by molar-refractivity contribution is 5.28. The number of aryl methyl sites for hydroxylation is 1. The predicted molar refractivity (Wildman–Crippen MR) is 67.9 cm³/mol. The van der Waals surface area contributed by atoms with Gasteiger partial charge in [-0.25, -0.2) is 4.57 Å². The van der Waals surface area contributed by atoms with E-state index in [9.17, 15) is 0 Å². The van der Waals surface area contributed by atoms with Gasteiger partial charge in [-0.15, -0.1) is 0 Å². The van der Waals surface area contributed by atoms with Gasteiger partial charge in [0.15, 0.2) is 0 Å². The summed E-state index contributed by atoms with van der Waals surface area (Å²) in [5.74, 6) is 0. The molecule has 0 aliphatic heterocycles. The van der Waals surface area contributed by atoms with Crippen LogP contribution in [0.2, 0.25) is 0 Å². The van der Waals surface area contributed by atoms with Gasteiger partial charge in [0.2, 0.25) is 6.33 Å². The van der Waals surface area contributed by atoms with Crippen LogP contribution in [0.1, 0.15) is 32.6 Å². The van der Waals surface area contributed by atoms with E-state index in [1.165, 1.54) is 25.7 Å².